The maximum Gasteiger partial charge on any atom is 0.251 e. The Balaban J connectivity index is 1.23. The Morgan fingerprint density at radius 2 is 1.97 bits per heavy atom. The van der Waals surface area contributed by atoms with Crippen LogP contribution in [0.1, 0.15) is 24.1 Å². The zero-order valence-corrected chi connectivity index (χ0v) is 19.2. The third-order valence-electron chi connectivity index (χ3n) is 5.82. The van der Waals surface area contributed by atoms with Gasteiger partial charge in [-0.25, -0.2) is 4.98 Å². The molecule has 2 saturated heterocycles. The number of carbonyl (C=O) groups excluding carboxylic acids is 1. The molecular formula is C23H31N5O2S. The molecule has 0 radical (unpaired) electrons. The number of thiazole rings is 1. The second kappa shape index (κ2) is 10.2. The van der Waals surface area contributed by atoms with Gasteiger partial charge in [0.2, 0.25) is 0 Å². The Labute approximate surface area is 188 Å². The lowest BCUT2D eigenvalue weighted by Crippen LogP contribution is -2.55. The number of aliphatic imine (C=N–C) groups is 1. The van der Waals surface area contributed by atoms with E-state index in [4.69, 9.17) is 9.72 Å². The van der Waals surface area contributed by atoms with Crippen LogP contribution in [0.3, 0.4) is 0 Å². The van der Waals surface area contributed by atoms with E-state index in [2.05, 4.69) is 51.8 Å². The number of nitrogens with zero attached hydrogens (tertiary/aromatic N) is 4. The van der Waals surface area contributed by atoms with Crippen LogP contribution in [0.15, 0.2) is 34.6 Å². The molecule has 1 unspecified atom stereocenters. The van der Waals surface area contributed by atoms with E-state index in [0.717, 1.165) is 55.6 Å². The van der Waals surface area contributed by atoms with E-state index in [0.29, 0.717) is 19.7 Å². The predicted molar refractivity (Wildman–Crippen MR) is 124 cm³/mol. The van der Waals surface area contributed by atoms with Crippen molar-refractivity contribution in [3.8, 4) is 10.6 Å². The normalized spacial score (nSPS) is 19.7. The Hall–Kier alpha value is -2.45. The number of amides is 1. The molecule has 4 rings (SSSR count). The van der Waals surface area contributed by atoms with E-state index in [-0.39, 0.29) is 12.0 Å². The fourth-order valence-electron chi connectivity index (χ4n) is 4.00. The summed E-state index contributed by atoms with van der Waals surface area (Å²) >= 11 is 1.69. The number of guanidine groups is 1. The first kappa shape index (κ1) is 21.8. The lowest BCUT2D eigenvalue weighted by Gasteiger charge is -2.37. The van der Waals surface area contributed by atoms with Crippen LogP contribution in [0, 0.1) is 6.92 Å². The standard InChI is InChI=1S/C23H31N5O2S/c1-17-5-7-18(8-6-17)21-26-19(16-31-21)9-10-25-23(24-2)28-13-11-27(12-14-28)22(29)20-4-3-15-30-20/h5-8,16,20H,3-4,9-15H2,1-2H3,(H,24,25). The number of ether oxygens (including phenoxy) is 1. The van der Waals surface area contributed by atoms with Crippen LogP contribution >= 0.6 is 11.3 Å². The molecule has 0 saturated carbocycles. The van der Waals surface area contributed by atoms with Gasteiger partial charge in [0.1, 0.15) is 11.1 Å². The highest BCUT2D eigenvalue weighted by Crippen LogP contribution is 2.24. The third-order valence-corrected chi connectivity index (χ3v) is 6.76. The SMILES string of the molecule is CN=C(NCCc1csc(-c2ccc(C)cc2)n1)N1CCN(C(=O)C2CCCO2)CC1. The molecule has 7 nitrogen and oxygen atoms in total. The number of nitrogens with one attached hydrogen (secondary N) is 1. The number of piperazine rings is 1. The van der Waals surface area contributed by atoms with Crippen molar-refractivity contribution in [2.45, 2.75) is 32.3 Å². The van der Waals surface area contributed by atoms with E-state index in [9.17, 15) is 4.79 Å². The van der Waals surface area contributed by atoms with Gasteiger partial charge in [-0.3, -0.25) is 9.79 Å². The van der Waals surface area contributed by atoms with E-state index in [1.165, 1.54) is 11.1 Å². The van der Waals surface area contributed by atoms with Crippen molar-refractivity contribution in [1.29, 1.82) is 0 Å². The maximum absolute atomic E-state index is 12.5. The fraction of sp³-hybridized carbons (Fsp3) is 0.522. The van der Waals surface area contributed by atoms with Gasteiger partial charge in [-0.15, -0.1) is 11.3 Å². The van der Waals surface area contributed by atoms with E-state index < -0.39 is 0 Å². The summed E-state index contributed by atoms with van der Waals surface area (Å²) in [6.07, 6.45) is 2.45. The summed E-state index contributed by atoms with van der Waals surface area (Å²) in [4.78, 5) is 25.9. The fourth-order valence-corrected chi connectivity index (χ4v) is 4.86. The number of hydrogen-bond donors (Lipinski definition) is 1. The Morgan fingerprint density at radius 3 is 2.65 bits per heavy atom. The average molecular weight is 442 g/mol. The van der Waals surface area contributed by atoms with E-state index in [1.54, 1.807) is 11.3 Å². The van der Waals surface area contributed by atoms with Gasteiger partial charge in [0, 0.05) is 63.7 Å². The zero-order chi connectivity index (χ0) is 21.6. The molecule has 0 spiro atoms. The Kier molecular flexibility index (Phi) is 7.19. The number of carbonyl (C=O) groups is 1. The minimum atomic E-state index is -0.230. The molecule has 2 aromatic rings. The number of aryl methyl sites for hydroxylation is 1. The summed E-state index contributed by atoms with van der Waals surface area (Å²) in [5.41, 5.74) is 3.52. The summed E-state index contributed by atoms with van der Waals surface area (Å²) in [5, 5.41) is 6.65. The van der Waals surface area contributed by atoms with Gasteiger partial charge in [-0.1, -0.05) is 29.8 Å². The zero-order valence-electron chi connectivity index (χ0n) is 18.3. The van der Waals surface area contributed by atoms with Crippen molar-refractivity contribution in [2.24, 2.45) is 4.99 Å². The van der Waals surface area contributed by atoms with Gasteiger partial charge in [0.25, 0.3) is 5.91 Å². The molecule has 1 amide bonds. The molecule has 166 valence electrons. The Bertz CT molecular complexity index is 897. The van der Waals surface area contributed by atoms with Crippen molar-refractivity contribution >= 4 is 23.2 Å². The number of benzene rings is 1. The van der Waals surface area contributed by atoms with Crippen LogP contribution in [0.4, 0.5) is 0 Å². The molecule has 2 aliphatic rings. The lowest BCUT2D eigenvalue weighted by atomic mass is 10.2. The van der Waals surface area contributed by atoms with Crippen molar-refractivity contribution in [3.05, 3.63) is 40.9 Å². The molecule has 3 heterocycles. The highest BCUT2D eigenvalue weighted by Gasteiger charge is 2.30. The molecule has 1 aromatic carbocycles. The van der Waals surface area contributed by atoms with Crippen LogP contribution in [0.25, 0.3) is 10.6 Å². The van der Waals surface area contributed by atoms with Gasteiger partial charge in [0.15, 0.2) is 5.96 Å². The number of hydrogen-bond acceptors (Lipinski definition) is 5. The first-order valence-corrected chi connectivity index (χ1v) is 11.9. The predicted octanol–water partition coefficient (Wildman–Crippen LogP) is 2.56. The number of rotatable bonds is 5. The first-order valence-electron chi connectivity index (χ1n) is 11.0. The highest BCUT2D eigenvalue weighted by molar-refractivity contribution is 7.13. The monoisotopic (exact) mass is 441 g/mol. The molecule has 1 aromatic heterocycles. The smallest absolute Gasteiger partial charge is 0.251 e. The van der Waals surface area contributed by atoms with Crippen LogP contribution in [0.5, 0.6) is 0 Å². The van der Waals surface area contributed by atoms with Crippen molar-refractivity contribution < 1.29 is 9.53 Å². The summed E-state index contributed by atoms with van der Waals surface area (Å²) in [7, 11) is 1.81. The van der Waals surface area contributed by atoms with Gasteiger partial charge in [0.05, 0.1) is 5.69 Å². The van der Waals surface area contributed by atoms with Crippen LogP contribution in [-0.2, 0) is 16.0 Å². The van der Waals surface area contributed by atoms with Crippen molar-refractivity contribution in [2.75, 3.05) is 46.4 Å². The second-order valence-corrected chi connectivity index (χ2v) is 8.91. The molecule has 8 heteroatoms. The molecule has 0 bridgehead atoms. The topological polar surface area (TPSA) is 70.1 Å². The van der Waals surface area contributed by atoms with E-state index in [1.807, 2.05) is 11.9 Å². The quantitative estimate of drug-likeness (QED) is 0.570. The minimum absolute atomic E-state index is 0.146. The van der Waals surface area contributed by atoms with Gasteiger partial charge in [-0.05, 0) is 19.8 Å². The molecule has 2 fully saturated rings. The molecule has 0 aliphatic carbocycles. The molecule has 1 atom stereocenters. The third kappa shape index (κ3) is 5.43. The van der Waals surface area contributed by atoms with Crippen molar-refractivity contribution in [1.82, 2.24) is 20.1 Å². The summed E-state index contributed by atoms with van der Waals surface area (Å²) < 4.78 is 5.55. The van der Waals surface area contributed by atoms with Crippen molar-refractivity contribution in [3.63, 3.8) is 0 Å². The molecule has 2 aliphatic heterocycles. The largest absolute Gasteiger partial charge is 0.368 e. The van der Waals surface area contributed by atoms with E-state index >= 15 is 0 Å². The molecule has 31 heavy (non-hydrogen) atoms. The second-order valence-electron chi connectivity index (χ2n) is 8.05. The maximum atomic E-state index is 12.5. The Morgan fingerprint density at radius 1 is 1.23 bits per heavy atom. The average Bonchev–Trinajstić information content (AvgIpc) is 3.50. The summed E-state index contributed by atoms with van der Waals surface area (Å²) in [6, 6.07) is 8.49. The lowest BCUT2D eigenvalue weighted by molar-refractivity contribution is -0.142. The van der Waals surface area contributed by atoms with Crippen LogP contribution in [-0.4, -0.2) is 79.1 Å². The summed E-state index contributed by atoms with van der Waals surface area (Å²) in [6.45, 7) is 6.57. The van der Waals surface area contributed by atoms with Gasteiger partial charge < -0.3 is 19.9 Å². The van der Waals surface area contributed by atoms with Crippen LogP contribution in [0.2, 0.25) is 0 Å². The van der Waals surface area contributed by atoms with Gasteiger partial charge >= 0.3 is 0 Å². The number of aromatic nitrogens is 1. The molecule has 1 N–H and O–H groups in total. The summed E-state index contributed by atoms with van der Waals surface area (Å²) in [5.74, 6) is 1.03. The first-order chi connectivity index (χ1) is 15.1. The van der Waals surface area contributed by atoms with Crippen LogP contribution < -0.4 is 5.32 Å². The minimum Gasteiger partial charge on any atom is -0.368 e. The molecular weight excluding hydrogens is 410 g/mol. The van der Waals surface area contributed by atoms with Gasteiger partial charge in [-0.2, -0.15) is 0 Å². The highest BCUT2D eigenvalue weighted by atomic mass is 32.1.